The summed E-state index contributed by atoms with van der Waals surface area (Å²) in [6.07, 6.45) is 0. The third-order valence-electron chi connectivity index (χ3n) is 2.75. The molecule has 0 fully saturated rings. The van der Waals surface area contributed by atoms with Gasteiger partial charge in [-0.1, -0.05) is 17.3 Å². The molecule has 0 amide bonds. The van der Waals surface area contributed by atoms with E-state index in [1.807, 2.05) is 0 Å². The third kappa shape index (κ3) is 1.78. The van der Waals surface area contributed by atoms with Crippen LogP contribution in [-0.2, 0) is 0 Å². The molecule has 3 aromatic rings. The van der Waals surface area contributed by atoms with Crippen molar-refractivity contribution in [3.05, 3.63) is 51.1 Å². The normalized spacial score (nSPS) is 11.2. The summed E-state index contributed by atoms with van der Waals surface area (Å²) in [5.74, 6) is -5.94. The summed E-state index contributed by atoms with van der Waals surface area (Å²) in [7, 11) is 0. The largest absolute Gasteiger partial charge is 0.207 e. The van der Waals surface area contributed by atoms with Crippen molar-refractivity contribution >= 4 is 33.6 Å². The van der Waals surface area contributed by atoms with Crippen LogP contribution in [0.5, 0.6) is 0 Å². The first kappa shape index (κ1) is 13.3. The van der Waals surface area contributed by atoms with Crippen molar-refractivity contribution in [2.24, 2.45) is 0 Å². The number of hydrogen-bond acceptors (Lipinski definition) is 2. The quantitative estimate of drug-likeness (QED) is 0.274. The fraction of sp³-hybridized carbons (Fsp3) is 0. The van der Waals surface area contributed by atoms with Crippen molar-refractivity contribution in [3.63, 3.8) is 0 Å². The second-order valence-corrected chi connectivity index (χ2v) is 4.99. The van der Waals surface area contributed by atoms with Gasteiger partial charge in [0.05, 0.1) is 9.09 Å². The molecule has 0 spiro atoms. The van der Waals surface area contributed by atoms with Crippen molar-refractivity contribution < 1.29 is 17.6 Å². The number of para-hydroxylation sites is 1. The maximum atomic E-state index is 13.9. The number of hydrogen-bond donors (Lipinski definition) is 0. The summed E-state index contributed by atoms with van der Waals surface area (Å²) in [5.41, 5.74) is -0.329. The van der Waals surface area contributed by atoms with Crippen LogP contribution in [0, 0.1) is 26.8 Å². The highest BCUT2D eigenvalue weighted by molar-refractivity contribution is 14.1. The summed E-state index contributed by atoms with van der Waals surface area (Å²) in [6.45, 7) is 0. The molecule has 0 atom stereocenters. The van der Waals surface area contributed by atoms with E-state index in [4.69, 9.17) is 0 Å². The van der Waals surface area contributed by atoms with E-state index < -0.39 is 32.5 Å². The van der Waals surface area contributed by atoms with E-state index in [-0.39, 0.29) is 5.52 Å². The average molecular weight is 393 g/mol. The van der Waals surface area contributed by atoms with Crippen LogP contribution in [0.1, 0.15) is 0 Å². The van der Waals surface area contributed by atoms with Gasteiger partial charge in [0.2, 0.25) is 0 Å². The van der Waals surface area contributed by atoms with E-state index in [1.54, 1.807) is 18.2 Å². The molecule has 0 saturated carbocycles. The zero-order chi connectivity index (χ0) is 14.4. The summed E-state index contributed by atoms with van der Waals surface area (Å²) < 4.78 is 55.0. The minimum absolute atomic E-state index is 0.241. The van der Waals surface area contributed by atoms with Crippen LogP contribution in [0.15, 0.2) is 24.3 Å². The van der Waals surface area contributed by atoms with Crippen molar-refractivity contribution in [1.82, 2.24) is 15.0 Å². The molecule has 0 aliphatic carbocycles. The first-order valence-electron chi connectivity index (χ1n) is 5.34. The molecular formula is C12H4F4IN3. The minimum Gasteiger partial charge on any atom is -0.207 e. The predicted octanol–water partition coefficient (Wildman–Crippen LogP) is 3.58. The Kier molecular flexibility index (Phi) is 3.11. The van der Waals surface area contributed by atoms with Crippen molar-refractivity contribution in [3.8, 4) is 5.69 Å². The van der Waals surface area contributed by atoms with Gasteiger partial charge in [0, 0.05) is 0 Å². The molecule has 0 radical (unpaired) electrons. The lowest BCUT2D eigenvalue weighted by molar-refractivity contribution is 0.436. The number of fused-ring (bicyclic) bond motifs is 1. The zero-order valence-corrected chi connectivity index (χ0v) is 11.7. The van der Waals surface area contributed by atoms with Crippen LogP contribution in [0.4, 0.5) is 17.6 Å². The highest BCUT2D eigenvalue weighted by Crippen LogP contribution is 2.29. The zero-order valence-electron chi connectivity index (χ0n) is 9.54. The molecule has 0 bridgehead atoms. The van der Waals surface area contributed by atoms with Crippen molar-refractivity contribution in [1.29, 1.82) is 0 Å². The van der Waals surface area contributed by atoms with Crippen LogP contribution in [0.25, 0.3) is 16.7 Å². The smallest absolute Gasteiger partial charge is 0.188 e. The highest BCUT2D eigenvalue weighted by atomic mass is 127. The maximum absolute atomic E-state index is 13.9. The van der Waals surface area contributed by atoms with Crippen LogP contribution < -0.4 is 0 Å². The van der Waals surface area contributed by atoms with Gasteiger partial charge < -0.3 is 0 Å². The average Bonchev–Trinajstić information content (AvgIpc) is 2.87. The Morgan fingerprint density at radius 3 is 2.15 bits per heavy atom. The topological polar surface area (TPSA) is 30.7 Å². The number of aromatic nitrogens is 3. The van der Waals surface area contributed by atoms with Gasteiger partial charge in [0.1, 0.15) is 11.2 Å². The van der Waals surface area contributed by atoms with Crippen LogP contribution in [0.3, 0.4) is 0 Å². The fourth-order valence-electron chi connectivity index (χ4n) is 1.81. The molecule has 0 saturated heterocycles. The first-order chi connectivity index (χ1) is 9.52. The number of rotatable bonds is 1. The molecule has 0 N–H and O–H groups in total. The van der Waals surface area contributed by atoms with E-state index >= 15 is 0 Å². The molecule has 8 heteroatoms. The Balaban J connectivity index is 2.41. The fourth-order valence-corrected chi connectivity index (χ4v) is 2.29. The Morgan fingerprint density at radius 2 is 1.50 bits per heavy atom. The van der Waals surface area contributed by atoms with Crippen LogP contribution in [0.2, 0.25) is 0 Å². The highest BCUT2D eigenvalue weighted by Gasteiger charge is 2.26. The molecule has 0 aliphatic heterocycles. The van der Waals surface area contributed by atoms with Gasteiger partial charge in [-0.25, -0.2) is 22.2 Å². The Bertz CT molecular complexity index is 802. The Labute approximate surface area is 123 Å². The van der Waals surface area contributed by atoms with Crippen LogP contribution >= 0.6 is 22.6 Å². The lowest BCUT2D eigenvalue weighted by Gasteiger charge is -2.09. The third-order valence-corrected chi connectivity index (χ3v) is 3.70. The van der Waals surface area contributed by atoms with Gasteiger partial charge >= 0.3 is 0 Å². The Hall–Kier alpha value is -1.71. The molecule has 1 aromatic heterocycles. The van der Waals surface area contributed by atoms with Gasteiger partial charge in [0.25, 0.3) is 0 Å². The lowest BCUT2D eigenvalue weighted by atomic mass is 10.2. The lowest BCUT2D eigenvalue weighted by Crippen LogP contribution is -2.10. The molecular weight excluding hydrogens is 389 g/mol. The summed E-state index contributed by atoms with van der Waals surface area (Å²) in [5, 5.41) is 7.24. The molecule has 0 unspecified atom stereocenters. The standard InChI is InChI=1S/C12H4F4IN3/c13-7-9(15)12(10(16)8(14)11(7)17)20-6-4-2-1-3-5(6)18-19-20/h1-4H. The summed E-state index contributed by atoms with van der Waals surface area (Å²) >= 11 is 1.20. The van der Waals surface area contributed by atoms with Gasteiger partial charge in [-0.05, 0) is 34.7 Å². The molecule has 2 aromatic carbocycles. The molecule has 1 heterocycles. The second-order valence-electron chi connectivity index (χ2n) is 3.91. The van der Waals surface area contributed by atoms with Gasteiger partial charge in [-0.15, -0.1) is 5.10 Å². The van der Waals surface area contributed by atoms with E-state index in [2.05, 4.69) is 10.3 Å². The second kappa shape index (κ2) is 4.69. The summed E-state index contributed by atoms with van der Waals surface area (Å²) in [6, 6.07) is 6.30. The number of benzene rings is 2. The first-order valence-corrected chi connectivity index (χ1v) is 6.42. The number of nitrogens with zero attached hydrogens (tertiary/aromatic N) is 3. The van der Waals surface area contributed by atoms with Gasteiger partial charge in [-0.2, -0.15) is 0 Å². The predicted molar refractivity (Wildman–Crippen MR) is 71.4 cm³/mol. The maximum Gasteiger partial charge on any atom is 0.188 e. The monoisotopic (exact) mass is 393 g/mol. The molecule has 0 aliphatic rings. The summed E-state index contributed by atoms with van der Waals surface area (Å²) in [4.78, 5) is 0. The molecule has 3 nitrogen and oxygen atoms in total. The van der Waals surface area contributed by atoms with E-state index in [1.165, 1.54) is 28.7 Å². The molecule has 20 heavy (non-hydrogen) atoms. The molecule has 102 valence electrons. The van der Waals surface area contributed by atoms with Gasteiger partial charge in [0.15, 0.2) is 23.3 Å². The number of halogens is 5. The Morgan fingerprint density at radius 1 is 0.900 bits per heavy atom. The van der Waals surface area contributed by atoms with Crippen molar-refractivity contribution in [2.45, 2.75) is 0 Å². The van der Waals surface area contributed by atoms with E-state index in [9.17, 15) is 17.6 Å². The van der Waals surface area contributed by atoms with Crippen molar-refractivity contribution in [2.75, 3.05) is 0 Å². The molecule has 3 rings (SSSR count). The van der Waals surface area contributed by atoms with Crippen LogP contribution in [-0.4, -0.2) is 15.0 Å². The van der Waals surface area contributed by atoms with E-state index in [0.717, 1.165) is 4.68 Å². The SMILES string of the molecule is Fc1c(F)c(-n2nnc3ccccc32)c(F)c(F)c1I. The minimum atomic E-state index is -1.51. The van der Waals surface area contributed by atoms with E-state index in [0.29, 0.717) is 5.52 Å². The van der Waals surface area contributed by atoms with Gasteiger partial charge in [-0.3, -0.25) is 0 Å².